The van der Waals surface area contributed by atoms with Crippen LogP contribution in [0.4, 0.5) is 13.2 Å². The van der Waals surface area contributed by atoms with Crippen molar-refractivity contribution in [1.29, 1.82) is 0 Å². The molecule has 3 aromatic rings. The van der Waals surface area contributed by atoms with Crippen molar-refractivity contribution >= 4 is 5.65 Å². The lowest BCUT2D eigenvalue weighted by Crippen LogP contribution is -2.08. The van der Waals surface area contributed by atoms with E-state index in [1.807, 2.05) is 6.07 Å². The van der Waals surface area contributed by atoms with Gasteiger partial charge in [0.1, 0.15) is 5.65 Å². The third-order valence-electron chi connectivity index (χ3n) is 2.90. The van der Waals surface area contributed by atoms with Gasteiger partial charge in [-0.1, -0.05) is 30.3 Å². The highest BCUT2D eigenvalue weighted by Crippen LogP contribution is 2.34. The van der Waals surface area contributed by atoms with E-state index >= 15 is 0 Å². The number of aromatic nitrogens is 2. The Labute approximate surface area is 107 Å². The summed E-state index contributed by atoms with van der Waals surface area (Å²) in [6.45, 7) is 0. The van der Waals surface area contributed by atoms with E-state index in [1.165, 1.54) is 16.8 Å². The first-order chi connectivity index (χ1) is 9.05. The second-order valence-electron chi connectivity index (χ2n) is 4.16. The fraction of sp³-hybridized carbons (Fsp3) is 0.0714. The number of nitrogens with zero attached hydrogens (tertiary/aromatic N) is 2. The lowest BCUT2D eigenvalue weighted by Gasteiger charge is -2.11. The molecule has 0 unspecified atom stereocenters. The van der Waals surface area contributed by atoms with E-state index in [2.05, 4.69) is 4.98 Å². The van der Waals surface area contributed by atoms with Crippen LogP contribution in [0.5, 0.6) is 0 Å². The van der Waals surface area contributed by atoms with Crippen LogP contribution in [-0.2, 0) is 6.18 Å². The van der Waals surface area contributed by atoms with Crippen LogP contribution >= 0.6 is 0 Å². The summed E-state index contributed by atoms with van der Waals surface area (Å²) in [6.07, 6.45) is 0.0979. The Morgan fingerprint density at radius 1 is 1.00 bits per heavy atom. The molecule has 0 saturated heterocycles. The molecule has 0 aliphatic heterocycles. The molecule has 2 heterocycles. The Balaban J connectivity index is 2.28. The van der Waals surface area contributed by atoms with Crippen LogP contribution in [0.2, 0.25) is 0 Å². The highest BCUT2D eigenvalue weighted by molar-refractivity contribution is 5.67. The van der Waals surface area contributed by atoms with Crippen LogP contribution < -0.4 is 0 Å². The summed E-state index contributed by atoms with van der Waals surface area (Å²) < 4.78 is 40.5. The maximum absolute atomic E-state index is 13.0. The third kappa shape index (κ3) is 2.07. The number of pyridine rings is 1. The van der Waals surface area contributed by atoms with Gasteiger partial charge >= 0.3 is 6.18 Å². The van der Waals surface area contributed by atoms with Crippen molar-refractivity contribution in [3.05, 3.63) is 60.6 Å². The standard InChI is InChI=1S/C14H9F3N2/c15-14(16,17)12-8-11(10-4-2-1-3-5-10)9-19-7-6-18-13(12)19/h1-9H. The summed E-state index contributed by atoms with van der Waals surface area (Å²) >= 11 is 0. The van der Waals surface area contributed by atoms with Crippen molar-refractivity contribution in [3.8, 4) is 11.1 Å². The molecule has 19 heavy (non-hydrogen) atoms. The van der Waals surface area contributed by atoms with Gasteiger partial charge in [-0.15, -0.1) is 0 Å². The Hall–Kier alpha value is -2.30. The lowest BCUT2D eigenvalue weighted by atomic mass is 10.1. The van der Waals surface area contributed by atoms with Crippen LogP contribution in [0, 0.1) is 0 Å². The third-order valence-corrected chi connectivity index (χ3v) is 2.90. The largest absolute Gasteiger partial charge is 0.420 e. The van der Waals surface area contributed by atoms with Crippen LogP contribution in [0.3, 0.4) is 0 Å². The summed E-state index contributed by atoms with van der Waals surface area (Å²) in [6, 6.07) is 10.1. The highest BCUT2D eigenvalue weighted by atomic mass is 19.4. The molecule has 1 aromatic carbocycles. The molecule has 3 rings (SSSR count). The fourth-order valence-corrected chi connectivity index (χ4v) is 2.03. The van der Waals surface area contributed by atoms with E-state index in [-0.39, 0.29) is 5.65 Å². The summed E-state index contributed by atoms with van der Waals surface area (Å²) in [7, 11) is 0. The average Bonchev–Trinajstić information content (AvgIpc) is 2.85. The van der Waals surface area contributed by atoms with E-state index in [9.17, 15) is 13.2 Å². The maximum Gasteiger partial charge on any atom is 0.420 e. The molecule has 2 aromatic heterocycles. The Morgan fingerprint density at radius 3 is 2.42 bits per heavy atom. The van der Waals surface area contributed by atoms with Crippen molar-refractivity contribution in [2.75, 3.05) is 0 Å². The minimum Gasteiger partial charge on any atom is -0.306 e. The molecule has 0 radical (unpaired) electrons. The number of fused-ring (bicyclic) bond motifs is 1. The molecule has 0 amide bonds. The highest BCUT2D eigenvalue weighted by Gasteiger charge is 2.34. The van der Waals surface area contributed by atoms with Gasteiger partial charge in [0.05, 0.1) is 5.56 Å². The average molecular weight is 262 g/mol. The normalized spacial score (nSPS) is 11.9. The van der Waals surface area contributed by atoms with Gasteiger partial charge in [-0.2, -0.15) is 13.2 Å². The first-order valence-electron chi connectivity index (χ1n) is 5.65. The van der Waals surface area contributed by atoms with E-state index in [1.54, 1.807) is 30.5 Å². The minimum atomic E-state index is -4.42. The van der Waals surface area contributed by atoms with Gasteiger partial charge in [0.2, 0.25) is 0 Å². The van der Waals surface area contributed by atoms with Crippen molar-refractivity contribution in [2.24, 2.45) is 0 Å². The number of imidazole rings is 1. The smallest absolute Gasteiger partial charge is 0.306 e. The number of alkyl halides is 3. The summed E-state index contributed by atoms with van der Waals surface area (Å²) in [5.41, 5.74) is 0.452. The Morgan fingerprint density at radius 2 is 1.74 bits per heavy atom. The molecular weight excluding hydrogens is 253 g/mol. The lowest BCUT2D eigenvalue weighted by molar-refractivity contribution is -0.136. The number of benzene rings is 1. The SMILES string of the molecule is FC(F)(F)c1cc(-c2ccccc2)cn2ccnc12. The molecule has 2 nitrogen and oxygen atoms in total. The monoisotopic (exact) mass is 262 g/mol. The second kappa shape index (κ2) is 4.12. The Bertz CT molecular complexity index is 714. The maximum atomic E-state index is 13.0. The van der Waals surface area contributed by atoms with Gasteiger partial charge in [0.15, 0.2) is 0 Å². The van der Waals surface area contributed by atoms with Crippen molar-refractivity contribution in [3.63, 3.8) is 0 Å². The molecular formula is C14H9F3N2. The van der Waals surface area contributed by atoms with E-state index in [4.69, 9.17) is 0 Å². The second-order valence-corrected chi connectivity index (χ2v) is 4.16. The molecule has 0 N–H and O–H groups in total. The first-order valence-corrected chi connectivity index (χ1v) is 5.65. The fourth-order valence-electron chi connectivity index (χ4n) is 2.03. The Kier molecular flexibility index (Phi) is 2.55. The molecule has 96 valence electrons. The zero-order valence-electron chi connectivity index (χ0n) is 9.72. The minimum absolute atomic E-state index is 0.0767. The molecule has 0 saturated carbocycles. The molecule has 0 fully saturated rings. The number of rotatable bonds is 1. The van der Waals surface area contributed by atoms with Crippen molar-refractivity contribution in [1.82, 2.24) is 9.38 Å². The quantitative estimate of drug-likeness (QED) is 0.647. The molecule has 0 atom stereocenters. The summed E-state index contributed by atoms with van der Waals surface area (Å²) in [4.78, 5) is 3.76. The number of halogens is 3. The number of hydrogen-bond donors (Lipinski definition) is 0. The van der Waals surface area contributed by atoms with E-state index < -0.39 is 11.7 Å². The van der Waals surface area contributed by atoms with Gasteiger partial charge in [0, 0.05) is 18.6 Å². The molecule has 5 heteroatoms. The van der Waals surface area contributed by atoms with E-state index in [0.29, 0.717) is 5.56 Å². The van der Waals surface area contributed by atoms with Gasteiger partial charge < -0.3 is 4.40 Å². The predicted octanol–water partition coefficient (Wildman–Crippen LogP) is 4.02. The topological polar surface area (TPSA) is 17.3 Å². The van der Waals surface area contributed by atoms with Gasteiger partial charge in [-0.25, -0.2) is 4.98 Å². The first kappa shape index (κ1) is 11.8. The molecule has 0 spiro atoms. The van der Waals surface area contributed by atoms with Crippen molar-refractivity contribution in [2.45, 2.75) is 6.18 Å². The zero-order chi connectivity index (χ0) is 13.5. The van der Waals surface area contributed by atoms with Crippen LogP contribution in [0.15, 0.2) is 55.0 Å². The molecule has 0 aliphatic carbocycles. The summed E-state index contributed by atoms with van der Waals surface area (Å²) in [5.74, 6) is 0. The number of hydrogen-bond acceptors (Lipinski definition) is 1. The predicted molar refractivity (Wildman–Crippen MR) is 65.6 cm³/mol. The van der Waals surface area contributed by atoms with Crippen LogP contribution in [0.25, 0.3) is 16.8 Å². The zero-order valence-corrected chi connectivity index (χ0v) is 9.72. The molecule has 0 aliphatic rings. The van der Waals surface area contributed by atoms with Crippen LogP contribution in [-0.4, -0.2) is 9.38 Å². The summed E-state index contributed by atoms with van der Waals surface area (Å²) in [5, 5.41) is 0. The van der Waals surface area contributed by atoms with Gasteiger partial charge in [-0.3, -0.25) is 0 Å². The van der Waals surface area contributed by atoms with Gasteiger partial charge in [0.25, 0.3) is 0 Å². The molecule has 0 bridgehead atoms. The van der Waals surface area contributed by atoms with Crippen molar-refractivity contribution < 1.29 is 13.2 Å². The van der Waals surface area contributed by atoms with Gasteiger partial charge in [-0.05, 0) is 17.2 Å². The van der Waals surface area contributed by atoms with Crippen LogP contribution in [0.1, 0.15) is 5.56 Å². The van der Waals surface area contributed by atoms with E-state index in [0.717, 1.165) is 11.6 Å².